The summed E-state index contributed by atoms with van der Waals surface area (Å²) in [5.74, 6) is 0.0684. The third-order valence-electron chi connectivity index (χ3n) is 5.04. The molecule has 0 N–H and O–H groups in total. The molecule has 0 bridgehead atoms. The highest BCUT2D eigenvalue weighted by atomic mass is 16.2. The highest BCUT2D eigenvalue weighted by Crippen LogP contribution is 2.34. The molecular formula is C21H21N3O. The number of hydrogen-bond donors (Lipinski definition) is 0. The van der Waals surface area contributed by atoms with Crippen molar-refractivity contribution in [1.29, 1.82) is 0 Å². The average Bonchev–Trinajstić information content (AvgIpc) is 3.21. The predicted molar refractivity (Wildman–Crippen MR) is 97.8 cm³/mol. The molecule has 126 valence electrons. The summed E-state index contributed by atoms with van der Waals surface area (Å²) < 4.78 is 1.93. The first-order chi connectivity index (χ1) is 12.2. The Hall–Kier alpha value is -2.88. The molecule has 4 rings (SSSR count). The van der Waals surface area contributed by atoms with Gasteiger partial charge in [-0.2, -0.15) is 0 Å². The van der Waals surface area contributed by atoms with Gasteiger partial charge < -0.3 is 9.47 Å². The molecule has 1 unspecified atom stereocenters. The summed E-state index contributed by atoms with van der Waals surface area (Å²) in [5.41, 5.74) is 4.38. The lowest BCUT2D eigenvalue weighted by molar-refractivity contribution is 0.0715. The van der Waals surface area contributed by atoms with Gasteiger partial charge in [-0.1, -0.05) is 24.3 Å². The summed E-state index contributed by atoms with van der Waals surface area (Å²) in [4.78, 5) is 18.9. The highest BCUT2D eigenvalue weighted by molar-refractivity contribution is 5.94. The van der Waals surface area contributed by atoms with E-state index >= 15 is 0 Å². The van der Waals surface area contributed by atoms with Gasteiger partial charge in [-0.25, -0.2) is 4.98 Å². The zero-order chi connectivity index (χ0) is 17.2. The topological polar surface area (TPSA) is 38.1 Å². The fourth-order valence-electron chi connectivity index (χ4n) is 3.66. The molecule has 1 aromatic heterocycles. The van der Waals surface area contributed by atoms with Gasteiger partial charge in [0.1, 0.15) is 0 Å². The number of aromatic nitrogens is 2. The molecule has 25 heavy (non-hydrogen) atoms. The Balaban J connectivity index is 1.57. The molecule has 1 aliphatic carbocycles. The first kappa shape index (κ1) is 15.6. The standard InChI is InChI=1S/C21H21N3O/c1-23(20-8-4-6-16-5-2-3-7-19(16)20)21(25)17-9-11-18(12-10-17)24-14-13-22-15-24/h2-3,5,7,9-15,20H,4,6,8H2,1H3. The van der Waals surface area contributed by atoms with Gasteiger partial charge >= 0.3 is 0 Å². The number of carbonyl (C=O) groups excluding carboxylic acids is 1. The second-order valence-corrected chi connectivity index (χ2v) is 6.54. The Bertz CT molecular complexity index is 868. The summed E-state index contributed by atoms with van der Waals surface area (Å²) in [6, 6.07) is 16.3. The molecule has 1 atom stereocenters. The van der Waals surface area contributed by atoms with Crippen LogP contribution in [0.5, 0.6) is 0 Å². The van der Waals surface area contributed by atoms with E-state index in [1.165, 1.54) is 11.1 Å². The Labute approximate surface area is 147 Å². The predicted octanol–water partition coefficient (Wildman–Crippen LogP) is 4.02. The van der Waals surface area contributed by atoms with E-state index in [4.69, 9.17) is 0 Å². The fraction of sp³-hybridized carbons (Fsp3) is 0.238. The second kappa shape index (κ2) is 6.55. The van der Waals surface area contributed by atoms with Gasteiger partial charge in [0, 0.05) is 30.7 Å². The second-order valence-electron chi connectivity index (χ2n) is 6.54. The fourth-order valence-corrected chi connectivity index (χ4v) is 3.66. The normalized spacial score (nSPS) is 16.3. The SMILES string of the molecule is CN(C(=O)c1ccc(-n2ccnc2)cc1)C1CCCc2ccccc21. The molecule has 3 aromatic rings. The summed E-state index contributed by atoms with van der Waals surface area (Å²) in [5, 5.41) is 0. The third-order valence-corrected chi connectivity index (χ3v) is 5.04. The van der Waals surface area contributed by atoms with Crippen LogP contribution in [0.25, 0.3) is 5.69 Å². The highest BCUT2D eigenvalue weighted by Gasteiger charge is 2.27. The van der Waals surface area contributed by atoms with E-state index < -0.39 is 0 Å². The molecule has 0 aliphatic heterocycles. The number of imidazole rings is 1. The summed E-state index contributed by atoms with van der Waals surface area (Å²) in [6.45, 7) is 0. The Morgan fingerprint density at radius 3 is 2.72 bits per heavy atom. The molecule has 0 saturated carbocycles. The van der Waals surface area contributed by atoms with E-state index in [1.54, 1.807) is 12.5 Å². The number of amides is 1. The first-order valence-electron chi connectivity index (χ1n) is 8.67. The quantitative estimate of drug-likeness (QED) is 0.727. The van der Waals surface area contributed by atoms with E-state index in [0.717, 1.165) is 30.5 Å². The molecular weight excluding hydrogens is 310 g/mol. The van der Waals surface area contributed by atoms with Crippen LogP contribution >= 0.6 is 0 Å². The maximum absolute atomic E-state index is 13.0. The van der Waals surface area contributed by atoms with Crippen molar-refractivity contribution in [2.75, 3.05) is 7.05 Å². The number of carbonyl (C=O) groups is 1. The number of rotatable bonds is 3. The minimum Gasteiger partial charge on any atom is -0.335 e. The number of nitrogens with zero attached hydrogens (tertiary/aromatic N) is 3. The van der Waals surface area contributed by atoms with E-state index in [1.807, 2.05) is 47.0 Å². The first-order valence-corrected chi connectivity index (χ1v) is 8.67. The van der Waals surface area contributed by atoms with Crippen LogP contribution in [0.4, 0.5) is 0 Å². The molecule has 0 fully saturated rings. The lowest BCUT2D eigenvalue weighted by Crippen LogP contribution is -2.33. The maximum Gasteiger partial charge on any atom is 0.254 e. The van der Waals surface area contributed by atoms with E-state index in [2.05, 4.69) is 29.2 Å². The largest absolute Gasteiger partial charge is 0.335 e. The molecule has 4 nitrogen and oxygen atoms in total. The van der Waals surface area contributed by atoms with Gasteiger partial charge in [0.2, 0.25) is 0 Å². The molecule has 0 saturated heterocycles. The Kier molecular flexibility index (Phi) is 4.10. The zero-order valence-corrected chi connectivity index (χ0v) is 14.3. The van der Waals surface area contributed by atoms with Crippen molar-refractivity contribution in [2.45, 2.75) is 25.3 Å². The number of hydrogen-bond acceptors (Lipinski definition) is 2. The van der Waals surface area contributed by atoms with Crippen LogP contribution in [0, 0.1) is 0 Å². The molecule has 2 aromatic carbocycles. The smallest absolute Gasteiger partial charge is 0.254 e. The molecule has 1 heterocycles. The number of fused-ring (bicyclic) bond motifs is 1. The van der Waals surface area contributed by atoms with Gasteiger partial charge in [0.05, 0.1) is 12.4 Å². The zero-order valence-electron chi connectivity index (χ0n) is 14.3. The molecule has 0 radical (unpaired) electrons. The third kappa shape index (κ3) is 2.95. The molecule has 1 amide bonds. The lowest BCUT2D eigenvalue weighted by Gasteiger charge is -2.33. The lowest BCUT2D eigenvalue weighted by atomic mass is 9.87. The molecule has 0 spiro atoms. The van der Waals surface area contributed by atoms with Crippen LogP contribution in [0.1, 0.15) is 40.4 Å². The van der Waals surface area contributed by atoms with Gasteiger partial charge in [0.15, 0.2) is 0 Å². The maximum atomic E-state index is 13.0. The van der Waals surface area contributed by atoms with Crippen LogP contribution in [-0.4, -0.2) is 27.4 Å². The minimum atomic E-state index is 0.0684. The van der Waals surface area contributed by atoms with Gasteiger partial charge in [0.25, 0.3) is 5.91 Å². The van der Waals surface area contributed by atoms with Crippen LogP contribution < -0.4 is 0 Å². The van der Waals surface area contributed by atoms with E-state index in [0.29, 0.717) is 0 Å². The van der Waals surface area contributed by atoms with Crippen molar-refractivity contribution in [2.24, 2.45) is 0 Å². The summed E-state index contributed by atoms with van der Waals surface area (Å²) in [6.07, 6.45) is 8.64. The van der Waals surface area contributed by atoms with Crippen LogP contribution in [0.3, 0.4) is 0 Å². The van der Waals surface area contributed by atoms with Crippen molar-refractivity contribution >= 4 is 5.91 Å². The van der Waals surface area contributed by atoms with Crippen molar-refractivity contribution in [3.8, 4) is 5.69 Å². The summed E-state index contributed by atoms with van der Waals surface area (Å²) >= 11 is 0. The van der Waals surface area contributed by atoms with E-state index in [9.17, 15) is 4.79 Å². The number of aryl methyl sites for hydroxylation is 1. The molecule has 1 aliphatic rings. The Morgan fingerprint density at radius 1 is 1.16 bits per heavy atom. The van der Waals surface area contributed by atoms with Crippen LogP contribution in [-0.2, 0) is 6.42 Å². The van der Waals surface area contributed by atoms with Crippen molar-refractivity contribution in [1.82, 2.24) is 14.5 Å². The Morgan fingerprint density at radius 2 is 1.96 bits per heavy atom. The van der Waals surface area contributed by atoms with Crippen LogP contribution in [0.2, 0.25) is 0 Å². The van der Waals surface area contributed by atoms with Gasteiger partial charge in [-0.15, -0.1) is 0 Å². The van der Waals surface area contributed by atoms with Crippen molar-refractivity contribution in [3.63, 3.8) is 0 Å². The average molecular weight is 331 g/mol. The van der Waals surface area contributed by atoms with Crippen molar-refractivity contribution < 1.29 is 4.79 Å². The number of benzene rings is 2. The van der Waals surface area contributed by atoms with Gasteiger partial charge in [-0.3, -0.25) is 4.79 Å². The monoisotopic (exact) mass is 331 g/mol. The van der Waals surface area contributed by atoms with E-state index in [-0.39, 0.29) is 11.9 Å². The van der Waals surface area contributed by atoms with Crippen LogP contribution in [0.15, 0.2) is 67.3 Å². The van der Waals surface area contributed by atoms with Gasteiger partial charge in [-0.05, 0) is 54.7 Å². The van der Waals surface area contributed by atoms with Crippen molar-refractivity contribution in [3.05, 3.63) is 83.9 Å². The molecule has 4 heteroatoms. The summed E-state index contributed by atoms with van der Waals surface area (Å²) in [7, 11) is 1.92. The minimum absolute atomic E-state index is 0.0684.